The zero-order chi connectivity index (χ0) is 13.3. The Labute approximate surface area is 109 Å². The molecule has 98 valence electrons. The van der Waals surface area contributed by atoms with Gasteiger partial charge in [-0.05, 0) is 25.5 Å². The lowest BCUT2D eigenvalue weighted by Crippen LogP contribution is -2.51. The fourth-order valence-corrected chi connectivity index (χ4v) is 4.15. The van der Waals surface area contributed by atoms with E-state index < -0.39 is 28.8 Å². The summed E-state index contributed by atoms with van der Waals surface area (Å²) < 4.78 is 26.6. The van der Waals surface area contributed by atoms with Crippen LogP contribution >= 0.6 is 22.9 Å². The van der Waals surface area contributed by atoms with Gasteiger partial charge in [0.25, 0.3) is 10.0 Å². The van der Waals surface area contributed by atoms with E-state index in [0.29, 0.717) is 9.90 Å². The second-order valence-corrected chi connectivity index (χ2v) is 7.57. The van der Waals surface area contributed by atoms with Gasteiger partial charge >= 0.3 is 0 Å². The second-order valence-electron chi connectivity index (χ2n) is 4.00. The number of hydrogen-bond donors (Lipinski definition) is 3. The molecule has 17 heavy (non-hydrogen) atoms. The Bertz CT molecular complexity index is 474. The van der Waals surface area contributed by atoms with Crippen molar-refractivity contribution in [1.29, 1.82) is 0 Å². The van der Waals surface area contributed by atoms with E-state index in [1.807, 2.05) is 0 Å². The summed E-state index contributed by atoms with van der Waals surface area (Å²) in [5, 5.41) is 18.1. The number of sulfonamides is 1. The van der Waals surface area contributed by atoms with Gasteiger partial charge in [0.1, 0.15) is 4.21 Å². The molecule has 0 unspecified atom stereocenters. The van der Waals surface area contributed by atoms with Gasteiger partial charge in [0.2, 0.25) is 0 Å². The van der Waals surface area contributed by atoms with E-state index >= 15 is 0 Å². The number of aliphatic hydroxyl groups excluding tert-OH is 2. The molecule has 0 radical (unpaired) electrons. The minimum atomic E-state index is -3.78. The van der Waals surface area contributed by atoms with Crippen molar-refractivity contribution in [2.24, 2.45) is 0 Å². The summed E-state index contributed by atoms with van der Waals surface area (Å²) >= 11 is 6.74. The molecule has 1 rings (SSSR count). The van der Waals surface area contributed by atoms with Crippen molar-refractivity contribution >= 4 is 33.0 Å². The Morgan fingerprint density at radius 2 is 2.00 bits per heavy atom. The molecule has 1 aromatic heterocycles. The van der Waals surface area contributed by atoms with E-state index in [2.05, 4.69) is 4.72 Å². The van der Waals surface area contributed by atoms with E-state index in [1.54, 1.807) is 6.92 Å². The van der Waals surface area contributed by atoms with Gasteiger partial charge in [0, 0.05) is 0 Å². The van der Waals surface area contributed by atoms with Gasteiger partial charge in [0.05, 0.1) is 23.1 Å². The first-order valence-corrected chi connectivity index (χ1v) is 7.43. The van der Waals surface area contributed by atoms with Crippen LogP contribution in [0.2, 0.25) is 4.34 Å². The highest BCUT2D eigenvalue weighted by atomic mass is 35.5. The molecule has 0 aliphatic carbocycles. The lowest BCUT2D eigenvalue weighted by atomic mass is 10.1. The van der Waals surface area contributed by atoms with Crippen LogP contribution in [0.1, 0.15) is 12.5 Å². The summed E-state index contributed by atoms with van der Waals surface area (Å²) in [5.74, 6) is 0. The maximum Gasteiger partial charge on any atom is 0.250 e. The van der Waals surface area contributed by atoms with Crippen LogP contribution < -0.4 is 4.72 Å². The number of aliphatic hydroxyl groups is 2. The van der Waals surface area contributed by atoms with Crippen LogP contribution in [0.25, 0.3) is 0 Å². The van der Waals surface area contributed by atoms with Gasteiger partial charge in [-0.15, -0.1) is 11.3 Å². The van der Waals surface area contributed by atoms with Crippen molar-refractivity contribution in [2.75, 3.05) is 13.2 Å². The fourth-order valence-electron chi connectivity index (χ4n) is 1.05. The Kier molecular flexibility index (Phi) is 4.56. The molecule has 0 atom stereocenters. The first kappa shape index (κ1) is 14.9. The first-order chi connectivity index (χ1) is 7.74. The zero-order valence-electron chi connectivity index (χ0n) is 9.40. The van der Waals surface area contributed by atoms with Crippen molar-refractivity contribution in [3.63, 3.8) is 0 Å². The Morgan fingerprint density at radius 3 is 2.35 bits per heavy atom. The van der Waals surface area contributed by atoms with Crippen molar-refractivity contribution < 1.29 is 18.6 Å². The summed E-state index contributed by atoms with van der Waals surface area (Å²) in [4.78, 5) is 0. The minimum Gasteiger partial charge on any atom is -0.394 e. The third-order valence-electron chi connectivity index (χ3n) is 2.18. The van der Waals surface area contributed by atoms with Crippen LogP contribution in [0.5, 0.6) is 0 Å². The van der Waals surface area contributed by atoms with Crippen LogP contribution in [0.3, 0.4) is 0 Å². The third kappa shape index (κ3) is 3.40. The Morgan fingerprint density at radius 1 is 1.47 bits per heavy atom. The van der Waals surface area contributed by atoms with Crippen molar-refractivity contribution in [1.82, 2.24) is 4.72 Å². The summed E-state index contributed by atoms with van der Waals surface area (Å²) in [7, 11) is -3.78. The van der Waals surface area contributed by atoms with Gasteiger partial charge in [-0.25, -0.2) is 8.42 Å². The van der Waals surface area contributed by atoms with E-state index in [-0.39, 0.29) is 4.21 Å². The summed E-state index contributed by atoms with van der Waals surface area (Å²) in [6, 6.07) is 1.45. The van der Waals surface area contributed by atoms with Gasteiger partial charge < -0.3 is 10.2 Å². The van der Waals surface area contributed by atoms with Gasteiger partial charge in [-0.2, -0.15) is 4.72 Å². The molecule has 0 aromatic carbocycles. The Hall–Kier alpha value is -0.180. The predicted molar refractivity (Wildman–Crippen MR) is 67.0 cm³/mol. The van der Waals surface area contributed by atoms with Crippen molar-refractivity contribution in [3.8, 4) is 0 Å². The maximum absolute atomic E-state index is 11.9. The second kappa shape index (κ2) is 5.21. The molecular formula is C9H14ClNO4S2. The number of thiophene rings is 1. The van der Waals surface area contributed by atoms with E-state index in [9.17, 15) is 8.42 Å². The lowest BCUT2D eigenvalue weighted by molar-refractivity contribution is 0.122. The van der Waals surface area contributed by atoms with Crippen LogP contribution in [0, 0.1) is 6.92 Å². The van der Waals surface area contributed by atoms with Crippen LogP contribution in [-0.2, 0) is 10.0 Å². The molecule has 8 heteroatoms. The van der Waals surface area contributed by atoms with E-state index in [4.69, 9.17) is 21.8 Å². The monoisotopic (exact) mass is 299 g/mol. The normalized spacial score (nSPS) is 13.0. The highest BCUT2D eigenvalue weighted by Crippen LogP contribution is 2.30. The quantitative estimate of drug-likeness (QED) is 0.748. The van der Waals surface area contributed by atoms with Crippen molar-refractivity contribution in [3.05, 3.63) is 16.0 Å². The SMILES string of the molecule is Cc1cc(S(=O)(=O)NC(C)(CO)CO)sc1Cl. The molecular weight excluding hydrogens is 286 g/mol. The van der Waals surface area contributed by atoms with Crippen LogP contribution in [-0.4, -0.2) is 37.4 Å². The summed E-state index contributed by atoms with van der Waals surface area (Å²) in [5.41, 5.74) is -0.616. The van der Waals surface area contributed by atoms with Crippen LogP contribution in [0.15, 0.2) is 10.3 Å². The van der Waals surface area contributed by atoms with Gasteiger partial charge in [-0.1, -0.05) is 11.6 Å². The zero-order valence-corrected chi connectivity index (χ0v) is 11.8. The lowest BCUT2D eigenvalue weighted by Gasteiger charge is -2.25. The van der Waals surface area contributed by atoms with Crippen molar-refractivity contribution in [2.45, 2.75) is 23.6 Å². The molecule has 1 aromatic rings. The average Bonchev–Trinajstić information content (AvgIpc) is 2.59. The molecule has 0 saturated carbocycles. The number of rotatable bonds is 5. The molecule has 0 amide bonds. The topological polar surface area (TPSA) is 86.6 Å². The third-order valence-corrected chi connectivity index (χ3v) is 5.85. The predicted octanol–water partition coefficient (Wildman–Crippen LogP) is 0.732. The molecule has 5 nitrogen and oxygen atoms in total. The largest absolute Gasteiger partial charge is 0.394 e. The number of aryl methyl sites for hydroxylation is 1. The highest BCUT2D eigenvalue weighted by Gasteiger charge is 2.30. The standard InChI is InChI=1S/C9H14ClNO4S2/c1-6-3-7(16-8(6)10)17(14,15)11-9(2,4-12)5-13/h3,11-13H,4-5H2,1-2H3. The number of hydrogen-bond acceptors (Lipinski definition) is 5. The smallest absolute Gasteiger partial charge is 0.250 e. The molecule has 0 aliphatic rings. The molecule has 0 saturated heterocycles. The molecule has 0 spiro atoms. The first-order valence-electron chi connectivity index (χ1n) is 4.76. The highest BCUT2D eigenvalue weighted by molar-refractivity contribution is 7.91. The van der Waals surface area contributed by atoms with Gasteiger partial charge in [-0.3, -0.25) is 0 Å². The molecule has 0 bridgehead atoms. The average molecular weight is 300 g/mol. The number of halogens is 1. The fraction of sp³-hybridized carbons (Fsp3) is 0.556. The van der Waals surface area contributed by atoms with E-state index in [0.717, 1.165) is 11.3 Å². The molecule has 1 heterocycles. The summed E-state index contributed by atoms with van der Waals surface area (Å²) in [6.45, 7) is 2.11. The number of nitrogens with one attached hydrogen (secondary N) is 1. The summed E-state index contributed by atoms with van der Waals surface area (Å²) in [6.07, 6.45) is 0. The van der Waals surface area contributed by atoms with E-state index in [1.165, 1.54) is 13.0 Å². The van der Waals surface area contributed by atoms with Gasteiger partial charge in [0.15, 0.2) is 0 Å². The maximum atomic E-state index is 11.9. The Balaban J connectivity index is 3.04. The molecule has 3 N–H and O–H groups in total. The molecule has 0 fully saturated rings. The molecule has 0 aliphatic heterocycles. The minimum absolute atomic E-state index is 0.0631. The van der Waals surface area contributed by atoms with Crippen LogP contribution in [0.4, 0.5) is 0 Å².